The highest BCUT2D eigenvalue weighted by Gasteiger charge is 1.99. The van der Waals surface area contributed by atoms with Crippen molar-refractivity contribution >= 4 is 0 Å². The molecule has 0 saturated carbocycles. The molecule has 2 aromatic carbocycles. The van der Waals surface area contributed by atoms with Crippen LogP contribution in [0, 0.1) is 0 Å². The topological polar surface area (TPSA) is 70.5 Å². The molecule has 2 aromatic rings. The zero-order valence-corrected chi connectivity index (χ0v) is 10.0. The zero-order valence-electron chi connectivity index (χ0n) is 10.0. The van der Waals surface area contributed by atoms with Crippen LogP contribution < -0.4 is 11.8 Å². The summed E-state index contributed by atoms with van der Waals surface area (Å²) in [5, 5.41) is 0. The molecule has 0 amide bonds. The summed E-state index contributed by atoms with van der Waals surface area (Å²) in [6, 6.07) is 16.2. The van der Waals surface area contributed by atoms with Crippen LogP contribution in [-0.2, 0) is 22.9 Å². The van der Waals surface area contributed by atoms with E-state index in [-0.39, 0.29) is 0 Å². The average Bonchev–Trinajstić information content (AvgIpc) is 2.41. The van der Waals surface area contributed by atoms with E-state index in [1.54, 1.807) is 0 Å². The molecule has 0 aliphatic heterocycles. The number of hydrogen-bond acceptors (Lipinski definition) is 4. The van der Waals surface area contributed by atoms with E-state index in [4.69, 9.17) is 11.8 Å². The molecule has 0 saturated heterocycles. The van der Waals surface area contributed by atoms with Crippen LogP contribution in [0.4, 0.5) is 0 Å². The Kier molecular flexibility index (Phi) is 4.44. The van der Waals surface area contributed by atoms with Gasteiger partial charge in [0.2, 0.25) is 0 Å². The van der Waals surface area contributed by atoms with Crippen LogP contribution in [-0.4, -0.2) is 0 Å². The molecule has 0 radical (unpaired) electrons. The second-order valence-electron chi connectivity index (χ2n) is 4.02. The van der Waals surface area contributed by atoms with E-state index >= 15 is 0 Å². The Morgan fingerprint density at radius 2 is 0.944 bits per heavy atom. The van der Waals surface area contributed by atoms with Gasteiger partial charge in [0, 0.05) is 0 Å². The fourth-order valence-electron chi connectivity index (χ4n) is 1.78. The predicted molar refractivity (Wildman–Crippen MR) is 69.8 cm³/mol. The smallest absolute Gasteiger partial charge is 0.0930 e. The Labute approximate surface area is 106 Å². The second-order valence-corrected chi connectivity index (χ2v) is 4.02. The van der Waals surface area contributed by atoms with Crippen LogP contribution >= 0.6 is 0 Å². The van der Waals surface area contributed by atoms with Crippen molar-refractivity contribution < 1.29 is 9.68 Å². The fourth-order valence-corrected chi connectivity index (χ4v) is 1.78. The van der Waals surface area contributed by atoms with Crippen molar-refractivity contribution in [3.63, 3.8) is 0 Å². The standard InChI is InChI=1S/C14H16N2O2/c15-17-9-11-1-5-13(6-2-11)14-7-3-12(4-8-14)10-18-16/h1-8H,9-10,15-16H2. The molecule has 0 aliphatic rings. The van der Waals surface area contributed by atoms with Gasteiger partial charge in [-0.05, 0) is 22.3 Å². The first-order chi connectivity index (χ1) is 8.83. The van der Waals surface area contributed by atoms with Gasteiger partial charge in [-0.1, -0.05) is 48.5 Å². The van der Waals surface area contributed by atoms with Crippen LogP contribution in [0.1, 0.15) is 11.1 Å². The van der Waals surface area contributed by atoms with E-state index in [0.717, 1.165) is 22.3 Å². The largest absolute Gasteiger partial charge is 0.300 e. The van der Waals surface area contributed by atoms with E-state index < -0.39 is 0 Å². The number of nitrogens with two attached hydrogens (primary N) is 2. The number of benzene rings is 2. The maximum absolute atomic E-state index is 5.03. The molecule has 0 heterocycles. The highest BCUT2D eigenvalue weighted by atomic mass is 16.6. The molecule has 0 bridgehead atoms. The minimum atomic E-state index is 0.424. The zero-order chi connectivity index (χ0) is 12.8. The Balaban J connectivity index is 2.15. The van der Waals surface area contributed by atoms with Crippen LogP contribution in [0.15, 0.2) is 48.5 Å². The highest BCUT2D eigenvalue weighted by Crippen LogP contribution is 2.20. The fraction of sp³-hybridized carbons (Fsp3) is 0.143. The first kappa shape index (κ1) is 12.7. The molecule has 0 fully saturated rings. The van der Waals surface area contributed by atoms with E-state index in [9.17, 15) is 0 Å². The summed E-state index contributed by atoms with van der Waals surface area (Å²) >= 11 is 0. The Bertz CT molecular complexity index is 433. The molecule has 4 heteroatoms. The lowest BCUT2D eigenvalue weighted by molar-refractivity contribution is 0.124. The lowest BCUT2D eigenvalue weighted by Gasteiger charge is -2.05. The van der Waals surface area contributed by atoms with Crippen LogP contribution in [0.3, 0.4) is 0 Å². The second kappa shape index (κ2) is 6.28. The summed E-state index contributed by atoms with van der Waals surface area (Å²) in [6.45, 7) is 0.847. The van der Waals surface area contributed by atoms with Gasteiger partial charge in [-0.2, -0.15) is 0 Å². The van der Waals surface area contributed by atoms with E-state index in [2.05, 4.69) is 9.68 Å². The Hall–Kier alpha value is -1.72. The third-order valence-corrected chi connectivity index (χ3v) is 2.74. The molecule has 4 N–H and O–H groups in total. The van der Waals surface area contributed by atoms with E-state index in [1.165, 1.54) is 0 Å². The quantitative estimate of drug-likeness (QED) is 0.790. The molecule has 94 valence electrons. The summed E-state index contributed by atoms with van der Waals surface area (Å²) in [7, 11) is 0. The van der Waals surface area contributed by atoms with Gasteiger partial charge in [0.25, 0.3) is 0 Å². The van der Waals surface area contributed by atoms with E-state index in [0.29, 0.717) is 13.2 Å². The lowest BCUT2D eigenvalue weighted by atomic mass is 10.0. The van der Waals surface area contributed by atoms with Gasteiger partial charge in [-0.25, -0.2) is 11.8 Å². The minimum absolute atomic E-state index is 0.424. The molecule has 0 aliphatic carbocycles. The average molecular weight is 244 g/mol. The summed E-state index contributed by atoms with van der Waals surface area (Å²) in [5.74, 6) is 10.1. The van der Waals surface area contributed by atoms with Crippen molar-refractivity contribution in [2.24, 2.45) is 11.8 Å². The molecule has 4 nitrogen and oxygen atoms in total. The van der Waals surface area contributed by atoms with Crippen molar-refractivity contribution in [3.05, 3.63) is 59.7 Å². The summed E-state index contributed by atoms with van der Waals surface area (Å²) in [5.41, 5.74) is 4.40. The third kappa shape index (κ3) is 3.15. The lowest BCUT2D eigenvalue weighted by Crippen LogP contribution is -1.98. The SMILES string of the molecule is NOCc1ccc(-c2ccc(CON)cc2)cc1. The number of rotatable bonds is 5. The summed E-state index contributed by atoms with van der Waals surface area (Å²) < 4.78 is 0. The Morgan fingerprint density at radius 1 is 0.611 bits per heavy atom. The van der Waals surface area contributed by atoms with Crippen molar-refractivity contribution in [2.75, 3.05) is 0 Å². The van der Waals surface area contributed by atoms with Crippen LogP contribution in [0.5, 0.6) is 0 Å². The van der Waals surface area contributed by atoms with Gasteiger partial charge >= 0.3 is 0 Å². The summed E-state index contributed by atoms with van der Waals surface area (Å²) in [6.07, 6.45) is 0. The first-order valence-electron chi connectivity index (χ1n) is 5.65. The highest BCUT2D eigenvalue weighted by molar-refractivity contribution is 5.63. The Morgan fingerprint density at radius 3 is 1.22 bits per heavy atom. The maximum Gasteiger partial charge on any atom is 0.0930 e. The maximum atomic E-state index is 5.03. The molecule has 0 atom stereocenters. The van der Waals surface area contributed by atoms with Gasteiger partial charge in [0.05, 0.1) is 13.2 Å². The van der Waals surface area contributed by atoms with Crippen molar-refractivity contribution in [1.82, 2.24) is 0 Å². The van der Waals surface area contributed by atoms with Gasteiger partial charge in [-0.3, -0.25) is 9.68 Å². The first-order valence-corrected chi connectivity index (χ1v) is 5.65. The normalized spacial score (nSPS) is 10.6. The van der Waals surface area contributed by atoms with Crippen molar-refractivity contribution in [3.8, 4) is 11.1 Å². The third-order valence-electron chi connectivity index (χ3n) is 2.74. The molecule has 18 heavy (non-hydrogen) atoms. The van der Waals surface area contributed by atoms with Crippen LogP contribution in [0.25, 0.3) is 11.1 Å². The van der Waals surface area contributed by atoms with Crippen molar-refractivity contribution in [1.29, 1.82) is 0 Å². The molecular weight excluding hydrogens is 228 g/mol. The minimum Gasteiger partial charge on any atom is -0.300 e. The molecule has 2 rings (SSSR count). The molecule has 0 aromatic heterocycles. The molecule has 0 spiro atoms. The molecule has 0 unspecified atom stereocenters. The monoisotopic (exact) mass is 244 g/mol. The predicted octanol–water partition coefficient (Wildman–Crippen LogP) is 2.13. The van der Waals surface area contributed by atoms with Gasteiger partial charge in [0.1, 0.15) is 0 Å². The van der Waals surface area contributed by atoms with E-state index in [1.807, 2.05) is 48.5 Å². The molecular formula is C14H16N2O2. The van der Waals surface area contributed by atoms with Crippen molar-refractivity contribution in [2.45, 2.75) is 13.2 Å². The van der Waals surface area contributed by atoms with Gasteiger partial charge in [-0.15, -0.1) is 0 Å². The number of hydrogen-bond donors (Lipinski definition) is 2. The van der Waals surface area contributed by atoms with Crippen LogP contribution in [0.2, 0.25) is 0 Å². The van der Waals surface area contributed by atoms with Gasteiger partial charge < -0.3 is 0 Å². The summed E-state index contributed by atoms with van der Waals surface area (Å²) in [4.78, 5) is 9.18. The van der Waals surface area contributed by atoms with Gasteiger partial charge in [0.15, 0.2) is 0 Å².